The van der Waals surface area contributed by atoms with Crippen molar-refractivity contribution in [1.29, 1.82) is 0 Å². The van der Waals surface area contributed by atoms with Crippen LogP contribution in [0.2, 0.25) is 0 Å². The van der Waals surface area contributed by atoms with Crippen molar-refractivity contribution in [3.05, 3.63) is 58.4 Å². The Kier molecular flexibility index (Phi) is 6.36. The van der Waals surface area contributed by atoms with Crippen molar-refractivity contribution in [3.8, 4) is 0 Å². The number of carbonyl (C=O) groups is 1. The number of carbonyl (C=O) groups excluding carboxylic acids is 1. The van der Waals surface area contributed by atoms with E-state index in [0.717, 1.165) is 15.8 Å². The van der Waals surface area contributed by atoms with Gasteiger partial charge in [-0.1, -0.05) is 31.3 Å². The van der Waals surface area contributed by atoms with Crippen molar-refractivity contribution in [3.63, 3.8) is 0 Å². The van der Waals surface area contributed by atoms with Crippen LogP contribution < -0.4 is 4.80 Å². The van der Waals surface area contributed by atoms with Crippen molar-refractivity contribution < 1.29 is 13.2 Å². The van der Waals surface area contributed by atoms with Crippen molar-refractivity contribution >= 4 is 37.5 Å². The fourth-order valence-electron chi connectivity index (χ4n) is 3.20. The number of nitrogens with zero attached hydrogens (tertiary/aromatic N) is 3. The second-order valence-corrected chi connectivity index (χ2v) is 9.58. The van der Waals surface area contributed by atoms with E-state index in [2.05, 4.69) is 11.1 Å². The van der Waals surface area contributed by atoms with Gasteiger partial charge in [-0.2, -0.15) is 9.30 Å². The Labute approximate surface area is 175 Å². The molecule has 0 radical (unpaired) electrons. The minimum atomic E-state index is -3.55. The van der Waals surface area contributed by atoms with Gasteiger partial charge in [-0.3, -0.25) is 4.79 Å². The van der Waals surface area contributed by atoms with Crippen LogP contribution in [0.3, 0.4) is 0 Å². The summed E-state index contributed by atoms with van der Waals surface area (Å²) in [5.41, 5.74) is 2.57. The SMILES string of the molecule is CCN(CC)S(=O)(=O)c1ccc(C(=O)N=c2sc3cc(C)ccc3n2CC)cc1. The third kappa shape index (κ3) is 4.19. The largest absolute Gasteiger partial charge is 0.317 e. The molecule has 1 heterocycles. The molecule has 0 fully saturated rings. The van der Waals surface area contributed by atoms with Gasteiger partial charge >= 0.3 is 0 Å². The van der Waals surface area contributed by atoms with E-state index < -0.39 is 10.0 Å². The van der Waals surface area contributed by atoms with Crippen LogP contribution >= 0.6 is 11.3 Å². The van der Waals surface area contributed by atoms with Crippen LogP contribution in [0.4, 0.5) is 0 Å². The molecule has 3 aromatic rings. The molecule has 1 aromatic heterocycles. The molecule has 0 bridgehead atoms. The first-order chi connectivity index (χ1) is 13.8. The second kappa shape index (κ2) is 8.61. The van der Waals surface area contributed by atoms with Crippen molar-refractivity contribution in [2.75, 3.05) is 13.1 Å². The normalized spacial score (nSPS) is 12.8. The molecule has 0 atom stereocenters. The highest BCUT2D eigenvalue weighted by molar-refractivity contribution is 7.89. The van der Waals surface area contributed by atoms with Crippen LogP contribution in [0.15, 0.2) is 52.4 Å². The summed E-state index contributed by atoms with van der Waals surface area (Å²) >= 11 is 1.48. The van der Waals surface area contributed by atoms with E-state index in [1.807, 2.05) is 30.5 Å². The summed E-state index contributed by atoms with van der Waals surface area (Å²) in [7, 11) is -3.55. The van der Waals surface area contributed by atoms with Crippen molar-refractivity contribution in [2.24, 2.45) is 4.99 Å². The standard InChI is InChI=1S/C21H25N3O3S2/c1-5-23(6-2)29(26,27)17-11-9-16(10-12-17)20(25)22-21-24(7-3)18-13-8-15(4)14-19(18)28-21/h8-14H,5-7H2,1-4H3. The van der Waals surface area contributed by atoms with E-state index in [0.29, 0.717) is 30.0 Å². The minimum Gasteiger partial charge on any atom is -0.317 e. The maximum Gasteiger partial charge on any atom is 0.279 e. The number of hydrogen-bond donors (Lipinski definition) is 0. The topological polar surface area (TPSA) is 71.7 Å². The zero-order valence-corrected chi connectivity index (χ0v) is 18.7. The predicted molar refractivity (Wildman–Crippen MR) is 117 cm³/mol. The highest BCUT2D eigenvalue weighted by atomic mass is 32.2. The van der Waals surface area contributed by atoms with Crippen molar-refractivity contribution in [2.45, 2.75) is 39.1 Å². The quantitative estimate of drug-likeness (QED) is 0.596. The summed E-state index contributed by atoms with van der Waals surface area (Å²) in [5, 5.41) is 0. The molecule has 0 aliphatic rings. The van der Waals surface area contributed by atoms with Gasteiger partial charge < -0.3 is 4.57 Å². The number of hydrogen-bond acceptors (Lipinski definition) is 4. The maximum absolute atomic E-state index is 12.7. The average Bonchev–Trinajstić information content (AvgIpc) is 3.04. The van der Waals surface area contributed by atoms with E-state index in [1.165, 1.54) is 39.9 Å². The van der Waals surface area contributed by atoms with Gasteiger partial charge in [0, 0.05) is 25.2 Å². The Balaban J connectivity index is 1.97. The smallest absolute Gasteiger partial charge is 0.279 e. The first kappa shape index (κ1) is 21.4. The number of aryl methyl sites for hydroxylation is 2. The molecule has 0 aliphatic carbocycles. The lowest BCUT2D eigenvalue weighted by atomic mass is 10.2. The van der Waals surface area contributed by atoms with Crippen LogP contribution in [0, 0.1) is 6.92 Å². The Morgan fingerprint density at radius 1 is 1.07 bits per heavy atom. The first-order valence-corrected chi connectivity index (χ1v) is 11.9. The summed E-state index contributed by atoms with van der Waals surface area (Å²) < 4.78 is 29.7. The molecule has 6 nitrogen and oxygen atoms in total. The number of fused-ring (bicyclic) bond motifs is 1. The van der Waals surface area contributed by atoms with E-state index in [9.17, 15) is 13.2 Å². The molecule has 154 valence electrons. The van der Waals surface area contributed by atoms with Gasteiger partial charge in [0.25, 0.3) is 5.91 Å². The van der Waals surface area contributed by atoms with Gasteiger partial charge in [0.15, 0.2) is 4.80 Å². The van der Waals surface area contributed by atoms with E-state index in [-0.39, 0.29) is 10.8 Å². The molecule has 0 saturated carbocycles. The Hall–Kier alpha value is -2.29. The van der Waals surface area contributed by atoms with Gasteiger partial charge in [0.05, 0.1) is 15.1 Å². The van der Waals surface area contributed by atoms with Crippen LogP contribution in [-0.4, -0.2) is 36.3 Å². The highest BCUT2D eigenvalue weighted by Crippen LogP contribution is 2.20. The second-order valence-electron chi connectivity index (χ2n) is 6.63. The molecule has 29 heavy (non-hydrogen) atoms. The van der Waals surface area contributed by atoms with E-state index >= 15 is 0 Å². The monoisotopic (exact) mass is 431 g/mol. The van der Waals surface area contributed by atoms with Gasteiger partial charge in [0.1, 0.15) is 0 Å². The molecular formula is C21H25N3O3S2. The number of amides is 1. The molecule has 1 amide bonds. The molecule has 0 aliphatic heterocycles. The lowest BCUT2D eigenvalue weighted by Gasteiger charge is -2.18. The van der Waals surface area contributed by atoms with Gasteiger partial charge in [-0.05, 0) is 55.8 Å². The number of sulfonamides is 1. The summed E-state index contributed by atoms with van der Waals surface area (Å²) in [6.45, 7) is 9.15. The summed E-state index contributed by atoms with van der Waals surface area (Å²) in [5.74, 6) is -0.387. The Morgan fingerprint density at radius 2 is 1.72 bits per heavy atom. The van der Waals surface area contributed by atoms with E-state index in [4.69, 9.17) is 0 Å². The van der Waals surface area contributed by atoms with Crippen LogP contribution in [-0.2, 0) is 16.6 Å². The maximum atomic E-state index is 12.7. The molecule has 3 rings (SSSR count). The molecule has 0 N–H and O–H groups in total. The average molecular weight is 432 g/mol. The summed E-state index contributed by atoms with van der Waals surface area (Å²) in [6.07, 6.45) is 0. The molecule has 8 heteroatoms. The molecule has 0 saturated heterocycles. The third-order valence-electron chi connectivity index (χ3n) is 4.80. The van der Waals surface area contributed by atoms with E-state index in [1.54, 1.807) is 13.8 Å². The molecular weight excluding hydrogens is 406 g/mol. The predicted octanol–water partition coefficient (Wildman–Crippen LogP) is 3.80. The highest BCUT2D eigenvalue weighted by Gasteiger charge is 2.21. The summed E-state index contributed by atoms with van der Waals surface area (Å²) in [4.78, 5) is 17.8. The van der Waals surface area contributed by atoms with Crippen LogP contribution in [0.1, 0.15) is 36.7 Å². The number of benzene rings is 2. The fraction of sp³-hybridized carbons (Fsp3) is 0.333. The third-order valence-corrected chi connectivity index (χ3v) is 7.90. The first-order valence-electron chi connectivity index (χ1n) is 9.61. The van der Waals surface area contributed by atoms with Gasteiger partial charge in [-0.15, -0.1) is 0 Å². The minimum absolute atomic E-state index is 0.179. The van der Waals surface area contributed by atoms with Crippen LogP contribution in [0.25, 0.3) is 10.2 Å². The van der Waals surface area contributed by atoms with Gasteiger partial charge in [-0.25, -0.2) is 8.42 Å². The molecule has 0 unspecified atom stereocenters. The molecule has 2 aromatic carbocycles. The zero-order chi connectivity index (χ0) is 21.2. The molecule has 0 spiro atoms. The van der Waals surface area contributed by atoms with Crippen molar-refractivity contribution in [1.82, 2.24) is 8.87 Å². The van der Waals surface area contributed by atoms with Crippen LogP contribution in [0.5, 0.6) is 0 Å². The number of thiazole rings is 1. The zero-order valence-electron chi connectivity index (χ0n) is 17.0. The Bertz CT molecular complexity index is 1200. The summed E-state index contributed by atoms with van der Waals surface area (Å²) in [6, 6.07) is 12.2. The fourth-order valence-corrected chi connectivity index (χ4v) is 5.85. The van der Waals surface area contributed by atoms with Gasteiger partial charge in [0.2, 0.25) is 10.0 Å². The lowest BCUT2D eigenvalue weighted by molar-refractivity contribution is 0.0997. The number of rotatable bonds is 6. The number of aromatic nitrogens is 1. The lowest BCUT2D eigenvalue weighted by Crippen LogP contribution is -2.30. The Morgan fingerprint density at radius 3 is 2.31 bits per heavy atom.